The van der Waals surface area contributed by atoms with E-state index in [1.54, 1.807) is 18.7 Å². The Balaban J connectivity index is 1.44. The molecule has 1 aliphatic heterocycles. The van der Waals surface area contributed by atoms with Crippen molar-refractivity contribution in [2.24, 2.45) is 7.05 Å². The number of aryl methyl sites for hydroxylation is 1. The number of carbonyl (C=O) groups excluding carboxylic acids is 1. The highest BCUT2D eigenvalue weighted by molar-refractivity contribution is 5.98. The number of fused-ring (bicyclic) bond motifs is 2. The zero-order chi connectivity index (χ0) is 19.1. The van der Waals surface area contributed by atoms with Crippen molar-refractivity contribution in [2.45, 2.75) is 19.5 Å². The zero-order valence-electron chi connectivity index (χ0n) is 15.5. The minimum absolute atomic E-state index is 0.0856. The summed E-state index contributed by atoms with van der Waals surface area (Å²) < 4.78 is 1.93. The van der Waals surface area contributed by atoms with Gasteiger partial charge in [0.1, 0.15) is 0 Å². The highest BCUT2D eigenvalue weighted by Gasteiger charge is 2.15. The predicted molar refractivity (Wildman–Crippen MR) is 107 cm³/mol. The normalized spacial score (nSPS) is 13.0. The number of imidazole rings is 1. The minimum Gasteiger partial charge on any atom is -0.332 e. The Hall–Kier alpha value is -3.38. The summed E-state index contributed by atoms with van der Waals surface area (Å²) in [5.41, 5.74) is 5.79. The van der Waals surface area contributed by atoms with Gasteiger partial charge in [-0.05, 0) is 34.7 Å². The summed E-state index contributed by atoms with van der Waals surface area (Å²) in [6, 6.07) is 9.96. The van der Waals surface area contributed by atoms with Gasteiger partial charge in [-0.15, -0.1) is 0 Å². The van der Waals surface area contributed by atoms with Gasteiger partial charge in [0.15, 0.2) is 5.78 Å². The van der Waals surface area contributed by atoms with Crippen LogP contribution >= 0.6 is 0 Å². The van der Waals surface area contributed by atoms with Gasteiger partial charge in [-0.3, -0.25) is 14.8 Å². The maximum Gasteiger partial charge on any atom is 0.168 e. The standard InChI is InChI=1S/C22H19N5O/c1-27-13-24-12-21(27)20-6-16-5-19(25-10-18(16)11-26-20)7-22(28)14-2-3-15-8-23-9-17(15)4-14/h2-6,10-13,23H,7-9H2,1H3. The Morgan fingerprint density at radius 1 is 1.04 bits per heavy atom. The van der Waals surface area contributed by atoms with Crippen molar-refractivity contribution in [3.8, 4) is 11.4 Å². The van der Waals surface area contributed by atoms with Gasteiger partial charge in [0.25, 0.3) is 0 Å². The fraction of sp³-hybridized carbons (Fsp3) is 0.182. The third-order valence-electron chi connectivity index (χ3n) is 5.24. The van der Waals surface area contributed by atoms with E-state index < -0.39 is 0 Å². The van der Waals surface area contributed by atoms with Crippen LogP contribution in [-0.4, -0.2) is 25.3 Å². The summed E-state index contributed by atoms with van der Waals surface area (Å²) in [4.78, 5) is 25.9. The van der Waals surface area contributed by atoms with E-state index in [2.05, 4.69) is 20.3 Å². The fourth-order valence-corrected chi connectivity index (χ4v) is 3.66. The molecule has 1 aromatic carbocycles. The van der Waals surface area contributed by atoms with Crippen LogP contribution in [0.4, 0.5) is 0 Å². The molecule has 0 bridgehead atoms. The van der Waals surface area contributed by atoms with E-state index in [1.165, 1.54) is 11.1 Å². The van der Waals surface area contributed by atoms with Crippen molar-refractivity contribution >= 4 is 16.6 Å². The van der Waals surface area contributed by atoms with Crippen LogP contribution in [0.5, 0.6) is 0 Å². The molecule has 0 unspecified atom stereocenters. The third-order valence-corrected chi connectivity index (χ3v) is 5.24. The van der Waals surface area contributed by atoms with Crippen LogP contribution in [-0.2, 0) is 26.6 Å². The zero-order valence-corrected chi connectivity index (χ0v) is 15.5. The van der Waals surface area contributed by atoms with Crippen LogP contribution in [0.25, 0.3) is 22.2 Å². The van der Waals surface area contributed by atoms with Gasteiger partial charge in [-0.1, -0.05) is 12.1 Å². The molecule has 138 valence electrons. The van der Waals surface area contributed by atoms with Crippen LogP contribution in [0.3, 0.4) is 0 Å². The Morgan fingerprint density at radius 2 is 1.89 bits per heavy atom. The number of Topliss-reactive ketones (excluding diaryl/α,β-unsaturated/α-hetero) is 1. The summed E-state index contributed by atoms with van der Waals surface area (Å²) in [6.45, 7) is 1.71. The van der Waals surface area contributed by atoms with Crippen molar-refractivity contribution in [1.82, 2.24) is 24.8 Å². The summed E-state index contributed by atoms with van der Waals surface area (Å²) in [5, 5.41) is 5.27. The maximum absolute atomic E-state index is 12.8. The van der Waals surface area contributed by atoms with Crippen molar-refractivity contribution in [3.63, 3.8) is 0 Å². The molecular weight excluding hydrogens is 350 g/mol. The van der Waals surface area contributed by atoms with Gasteiger partial charge in [0, 0.05) is 49.2 Å². The van der Waals surface area contributed by atoms with E-state index >= 15 is 0 Å². The molecule has 0 atom stereocenters. The topological polar surface area (TPSA) is 72.7 Å². The van der Waals surface area contributed by atoms with Crippen molar-refractivity contribution < 1.29 is 4.79 Å². The number of rotatable bonds is 4. The second-order valence-corrected chi connectivity index (χ2v) is 7.17. The highest BCUT2D eigenvalue weighted by Crippen LogP contribution is 2.22. The van der Waals surface area contributed by atoms with Crippen molar-refractivity contribution in [2.75, 3.05) is 0 Å². The molecule has 0 saturated heterocycles. The summed E-state index contributed by atoms with van der Waals surface area (Å²) in [6.07, 6.45) is 7.42. The molecule has 0 aliphatic carbocycles. The summed E-state index contributed by atoms with van der Waals surface area (Å²) >= 11 is 0. The van der Waals surface area contributed by atoms with E-state index in [-0.39, 0.29) is 12.2 Å². The molecule has 0 saturated carbocycles. The minimum atomic E-state index is 0.0856. The molecule has 6 nitrogen and oxygen atoms in total. The van der Waals surface area contributed by atoms with Gasteiger partial charge in [0.2, 0.25) is 0 Å². The molecule has 0 radical (unpaired) electrons. The molecule has 6 heteroatoms. The van der Waals surface area contributed by atoms with Crippen LogP contribution in [0, 0.1) is 0 Å². The quantitative estimate of drug-likeness (QED) is 0.560. The molecule has 1 aliphatic rings. The van der Waals surface area contributed by atoms with E-state index in [9.17, 15) is 4.79 Å². The molecule has 3 aromatic heterocycles. The number of aromatic nitrogens is 4. The number of ketones is 1. The average molecular weight is 369 g/mol. The highest BCUT2D eigenvalue weighted by atomic mass is 16.1. The maximum atomic E-state index is 12.8. The van der Waals surface area contributed by atoms with E-state index in [0.29, 0.717) is 0 Å². The second-order valence-electron chi connectivity index (χ2n) is 7.17. The monoisotopic (exact) mass is 369 g/mol. The molecule has 0 fully saturated rings. The lowest BCUT2D eigenvalue weighted by Crippen LogP contribution is -2.06. The second kappa shape index (κ2) is 6.65. The summed E-state index contributed by atoms with van der Waals surface area (Å²) in [5.74, 6) is 0.0856. The van der Waals surface area contributed by atoms with Crippen LogP contribution in [0.2, 0.25) is 0 Å². The number of carbonyl (C=O) groups is 1. The average Bonchev–Trinajstić information content (AvgIpc) is 3.35. The number of pyridine rings is 2. The Morgan fingerprint density at radius 3 is 2.75 bits per heavy atom. The molecule has 5 rings (SSSR count). The number of hydrogen-bond acceptors (Lipinski definition) is 5. The molecule has 1 N–H and O–H groups in total. The molecule has 28 heavy (non-hydrogen) atoms. The Labute approximate surface area is 162 Å². The number of nitrogens with zero attached hydrogens (tertiary/aromatic N) is 4. The molecule has 4 aromatic rings. The number of hydrogen-bond donors (Lipinski definition) is 1. The predicted octanol–water partition coefficient (Wildman–Crippen LogP) is 3.06. The van der Waals surface area contributed by atoms with E-state index in [0.717, 1.165) is 46.5 Å². The lowest BCUT2D eigenvalue weighted by molar-refractivity contribution is 0.0992. The van der Waals surface area contributed by atoms with Gasteiger partial charge in [-0.25, -0.2) is 4.98 Å². The Bertz CT molecular complexity index is 1210. The van der Waals surface area contributed by atoms with Crippen LogP contribution < -0.4 is 5.32 Å². The van der Waals surface area contributed by atoms with Gasteiger partial charge in [-0.2, -0.15) is 0 Å². The smallest absolute Gasteiger partial charge is 0.168 e. The molecule has 4 heterocycles. The van der Waals surface area contributed by atoms with Gasteiger partial charge in [0.05, 0.1) is 30.3 Å². The van der Waals surface area contributed by atoms with Gasteiger partial charge < -0.3 is 9.88 Å². The van der Waals surface area contributed by atoms with Crippen LogP contribution in [0.1, 0.15) is 27.2 Å². The lowest BCUT2D eigenvalue weighted by atomic mass is 10.0. The molecular formula is C22H19N5O. The first-order valence-electron chi connectivity index (χ1n) is 9.24. The largest absolute Gasteiger partial charge is 0.332 e. The van der Waals surface area contributed by atoms with Crippen molar-refractivity contribution in [3.05, 3.63) is 77.6 Å². The lowest BCUT2D eigenvalue weighted by Gasteiger charge is -2.07. The number of nitrogens with one attached hydrogen (secondary N) is 1. The van der Waals surface area contributed by atoms with Gasteiger partial charge >= 0.3 is 0 Å². The first-order valence-corrected chi connectivity index (χ1v) is 9.24. The number of benzene rings is 1. The summed E-state index contributed by atoms with van der Waals surface area (Å²) in [7, 11) is 1.94. The Kier molecular flexibility index (Phi) is 3.98. The van der Waals surface area contributed by atoms with E-state index in [1.807, 2.05) is 48.1 Å². The van der Waals surface area contributed by atoms with Crippen molar-refractivity contribution in [1.29, 1.82) is 0 Å². The fourth-order valence-electron chi connectivity index (χ4n) is 3.66. The first kappa shape index (κ1) is 16.8. The molecule has 0 amide bonds. The third kappa shape index (κ3) is 2.97. The van der Waals surface area contributed by atoms with Crippen LogP contribution in [0.15, 0.2) is 55.2 Å². The SMILES string of the molecule is Cn1cncc1-c1cc2cc(CC(=O)c3ccc4c(c3)CNC4)ncc2cn1. The molecule has 0 spiro atoms. The van der Waals surface area contributed by atoms with E-state index in [4.69, 9.17) is 0 Å². The first-order chi connectivity index (χ1) is 13.7.